The highest BCUT2D eigenvalue weighted by Crippen LogP contribution is 2.15. The number of rotatable bonds is 5. The Hall–Kier alpha value is -2.62. The van der Waals surface area contributed by atoms with Gasteiger partial charge in [0.25, 0.3) is 0 Å². The molecule has 0 aromatic carbocycles. The first-order valence-electron chi connectivity index (χ1n) is 7.13. The molecule has 0 fully saturated rings. The van der Waals surface area contributed by atoms with Gasteiger partial charge in [-0.2, -0.15) is 0 Å². The van der Waals surface area contributed by atoms with Crippen LogP contribution in [0.4, 0.5) is 0 Å². The molecule has 2 rings (SSSR count). The molecule has 0 aliphatic heterocycles. The van der Waals surface area contributed by atoms with E-state index in [1.54, 1.807) is 19.4 Å². The van der Waals surface area contributed by atoms with Crippen molar-refractivity contribution in [3.8, 4) is 5.88 Å². The molecular formula is C18H20N2O2. The van der Waals surface area contributed by atoms with Gasteiger partial charge in [0.15, 0.2) is 11.3 Å². The lowest BCUT2D eigenvalue weighted by Crippen LogP contribution is -2.12. The van der Waals surface area contributed by atoms with Crippen LogP contribution in [-0.2, 0) is 6.42 Å². The smallest absolute Gasteiger partial charge is 0.198 e. The zero-order valence-corrected chi connectivity index (χ0v) is 13.1. The maximum atomic E-state index is 12.3. The van der Waals surface area contributed by atoms with Crippen LogP contribution in [0.25, 0.3) is 12.2 Å². The topological polar surface area (TPSA) is 55.0 Å². The monoisotopic (exact) mass is 296 g/mol. The van der Waals surface area contributed by atoms with Crippen LogP contribution in [0.3, 0.4) is 0 Å². The molecule has 2 aromatic heterocycles. The van der Waals surface area contributed by atoms with Crippen LogP contribution in [0.15, 0.2) is 46.9 Å². The number of H-pyrrole nitrogens is 1. The number of nitrogens with one attached hydrogen (secondary N) is 1. The molecule has 0 aliphatic carbocycles. The van der Waals surface area contributed by atoms with Crippen LogP contribution in [0.5, 0.6) is 5.88 Å². The fraction of sp³-hybridized carbons (Fsp3) is 0.222. The normalized spacial score (nSPS) is 10.7. The number of aromatic amines is 1. The van der Waals surface area contributed by atoms with Crippen LogP contribution < -0.4 is 10.2 Å². The Balaban J connectivity index is 2.32. The molecule has 0 amide bonds. The van der Waals surface area contributed by atoms with E-state index >= 15 is 0 Å². The van der Waals surface area contributed by atoms with E-state index in [-0.39, 0.29) is 5.43 Å². The molecule has 1 N–H and O–H groups in total. The number of pyridine rings is 2. The maximum absolute atomic E-state index is 12.3. The van der Waals surface area contributed by atoms with Crippen molar-refractivity contribution in [2.24, 2.45) is 0 Å². The van der Waals surface area contributed by atoms with E-state index in [4.69, 9.17) is 4.74 Å². The fourth-order valence-electron chi connectivity index (χ4n) is 2.00. The van der Waals surface area contributed by atoms with Crippen molar-refractivity contribution in [2.45, 2.75) is 20.3 Å². The third kappa shape index (κ3) is 4.19. The summed E-state index contributed by atoms with van der Waals surface area (Å²) in [6.07, 6.45) is 7.96. The second-order valence-corrected chi connectivity index (χ2v) is 5.17. The molecule has 4 heteroatoms. The first kappa shape index (κ1) is 15.8. The van der Waals surface area contributed by atoms with Crippen LogP contribution in [0.1, 0.15) is 30.8 Å². The molecule has 0 saturated carbocycles. The molecule has 0 aliphatic rings. The SMILES string of the molecule is COc1[nH]c(/C=C\c2ccccn2)cc(=O)c1CC=C(C)C. The average molecular weight is 296 g/mol. The van der Waals surface area contributed by atoms with Crippen LogP contribution >= 0.6 is 0 Å². The minimum Gasteiger partial charge on any atom is -0.482 e. The molecule has 4 nitrogen and oxygen atoms in total. The van der Waals surface area contributed by atoms with Crippen molar-refractivity contribution >= 4 is 12.2 Å². The van der Waals surface area contributed by atoms with Gasteiger partial charge in [-0.3, -0.25) is 9.78 Å². The minimum absolute atomic E-state index is 0.0335. The van der Waals surface area contributed by atoms with E-state index < -0.39 is 0 Å². The van der Waals surface area contributed by atoms with Gasteiger partial charge in [-0.15, -0.1) is 0 Å². The Morgan fingerprint density at radius 1 is 1.32 bits per heavy atom. The van der Waals surface area contributed by atoms with Crippen molar-refractivity contribution in [2.75, 3.05) is 7.11 Å². The summed E-state index contributed by atoms with van der Waals surface area (Å²) in [5.41, 5.74) is 3.29. The van der Waals surface area contributed by atoms with Gasteiger partial charge in [0, 0.05) is 18.0 Å². The minimum atomic E-state index is -0.0335. The lowest BCUT2D eigenvalue weighted by molar-refractivity contribution is 0.392. The summed E-state index contributed by atoms with van der Waals surface area (Å²) in [4.78, 5) is 19.6. The van der Waals surface area contributed by atoms with E-state index in [0.29, 0.717) is 23.6 Å². The summed E-state index contributed by atoms with van der Waals surface area (Å²) in [5, 5.41) is 0. The third-order valence-corrected chi connectivity index (χ3v) is 3.16. The third-order valence-electron chi connectivity index (χ3n) is 3.16. The number of aromatic nitrogens is 2. The van der Waals surface area contributed by atoms with Gasteiger partial charge < -0.3 is 9.72 Å². The maximum Gasteiger partial charge on any atom is 0.198 e. The fourth-order valence-corrected chi connectivity index (χ4v) is 2.00. The molecular weight excluding hydrogens is 276 g/mol. The van der Waals surface area contributed by atoms with Gasteiger partial charge in [-0.25, -0.2) is 0 Å². The number of allylic oxidation sites excluding steroid dienone is 2. The Bertz CT molecular complexity index is 739. The molecule has 22 heavy (non-hydrogen) atoms. The van der Waals surface area contributed by atoms with Gasteiger partial charge in [-0.1, -0.05) is 17.7 Å². The van der Waals surface area contributed by atoms with Gasteiger partial charge in [0.2, 0.25) is 0 Å². The highest BCUT2D eigenvalue weighted by atomic mass is 16.5. The van der Waals surface area contributed by atoms with Gasteiger partial charge in [-0.05, 0) is 44.6 Å². The number of ether oxygens (including phenoxy) is 1. The molecule has 114 valence electrons. The Labute approximate surface area is 130 Å². The Morgan fingerprint density at radius 3 is 2.77 bits per heavy atom. The predicted octanol–water partition coefficient (Wildman–Crippen LogP) is 3.46. The average Bonchev–Trinajstić information content (AvgIpc) is 2.52. The first-order valence-corrected chi connectivity index (χ1v) is 7.13. The molecule has 0 atom stereocenters. The second-order valence-electron chi connectivity index (χ2n) is 5.17. The van der Waals surface area contributed by atoms with E-state index in [0.717, 1.165) is 5.69 Å². The molecule has 0 bridgehead atoms. The molecule has 2 aromatic rings. The van der Waals surface area contributed by atoms with Crippen molar-refractivity contribution < 1.29 is 4.74 Å². The molecule has 2 heterocycles. The molecule has 0 saturated heterocycles. The summed E-state index contributed by atoms with van der Waals surface area (Å²) < 4.78 is 5.32. The van der Waals surface area contributed by atoms with E-state index in [1.165, 1.54) is 5.57 Å². The zero-order chi connectivity index (χ0) is 15.9. The quantitative estimate of drug-likeness (QED) is 0.860. The lowest BCUT2D eigenvalue weighted by Gasteiger charge is -2.07. The van der Waals surface area contributed by atoms with Crippen molar-refractivity contribution in [3.05, 3.63) is 69.3 Å². The number of nitrogens with zero attached hydrogens (tertiary/aromatic N) is 1. The number of hydrogen-bond donors (Lipinski definition) is 1. The predicted molar refractivity (Wildman–Crippen MR) is 89.9 cm³/mol. The van der Waals surface area contributed by atoms with Gasteiger partial charge in [0.05, 0.1) is 18.4 Å². The first-order chi connectivity index (χ1) is 10.6. The summed E-state index contributed by atoms with van der Waals surface area (Å²) in [6.45, 7) is 4.01. The zero-order valence-electron chi connectivity index (χ0n) is 13.1. The summed E-state index contributed by atoms with van der Waals surface area (Å²) in [5.74, 6) is 0.505. The second kappa shape index (κ2) is 7.41. The standard InChI is InChI=1S/C18H20N2O2/c1-13(2)7-10-16-17(21)12-15(20-18(16)22-3)9-8-14-6-4-5-11-19-14/h4-9,11-12H,10H2,1-3H3,(H,20,21)/b9-8-. The molecule has 0 unspecified atom stereocenters. The molecule has 0 radical (unpaired) electrons. The van der Waals surface area contributed by atoms with Crippen molar-refractivity contribution in [3.63, 3.8) is 0 Å². The van der Waals surface area contributed by atoms with Gasteiger partial charge in [0.1, 0.15) is 0 Å². The van der Waals surface area contributed by atoms with E-state index in [2.05, 4.69) is 9.97 Å². The number of hydrogen-bond acceptors (Lipinski definition) is 3. The summed E-state index contributed by atoms with van der Waals surface area (Å²) in [6, 6.07) is 7.25. The number of methoxy groups -OCH3 is 1. The van der Waals surface area contributed by atoms with Crippen LogP contribution in [0.2, 0.25) is 0 Å². The van der Waals surface area contributed by atoms with E-state index in [9.17, 15) is 4.79 Å². The highest BCUT2D eigenvalue weighted by molar-refractivity contribution is 5.66. The molecule has 0 spiro atoms. The summed E-state index contributed by atoms with van der Waals surface area (Å²) >= 11 is 0. The van der Waals surface area contributed by atoms with Crippen LogP contribution in [-0.4, -0.2) is 17.1 Å². The van der Waals surface area contributed by atoms with Gasteiger partial charge >= 0.3 is 0 Å². The Morgan fingerprint density at radius 2 is 2.14 bits per heavy atom. The van der Waals surface area contributed by atoms with E-state index in [1.807, 2.05) is 50.3 Å². The van der Waals surface area contributed by atoms with Crippen molar-refractivity contribution in [1.29, 1.82) is 0 Å². The van der Waals surface area contributed by atoms with Crippen LogP contribution in [0, 0.1) is 0 Å². The highest BCUT2D eigenvalue weighted by Gasteiger charge is 2.08. The lowest BCUT2D eigenvalue weighted by atomic mass is 10.1. The summed E-state index contributed by atoms with van der Waals surface area (Å²) in [7, 11) is 1.56. The largest absolute Gasteiger partial charge is 0.482 e. The van der Waals surface area contributed by atoms with Crippen molar-refractivity contribution in [1.82, 2.24) is 9.97 Å². The Kier molecular flexibility index (Phi) is 5.31.